The summed E-state index contributed by atoms with van der Waals surface area (Å²) in [6.07, 6.45) is 4.01. The van der Waals surface area contributed by atoms with E-state index in [1.807, 2.05) is 24.3 Å². The number of benzene rings is 1. The van der Waals surface area contributed by atoms with Crippen molar-refractivity contribution in [2.24, 2.45) is 0 Å². The zero-order valence-electron chi connectivity index (χ0n) is 9.13. The van der Waals surface area contributed by atoms with Crippen LogP contribution in [-0.4, -0.2) is 12.8 Å². The van der Waals surface area contributed by atoms with E-state index >= 15 is 0 Å². The molecule has 0 radical (unpaired) electrons. The highest BCUT2D eigenvalue weighted by Crippen LogP contribution is 2.36. The molecule has 0 aromatic heterocycles. The van der Waals surface area contributed by atoms with E-state index in [1.54, 1.807) is 7.11 Å². The first-order valence-electron chi connectivity index (χ1n) is 5.54. The van der Waals surface area contributed by atoms with Gasteiger partial charge in [0.15, 0.2) is 0 Å². The van der Waals surface area contributed by atoms with Gasteiger partial charge in [-0.2, -0.15) is 0 Å². The Kier molecular flexibility index (Phi) is 2.94. The number of halogens is 1. The Morgan fingerprint density at radius 1 is 1.33 bits per heavy atom. The van der Waals surface area contributed by atoms with Crippen LogP contribution in [0.2, 0.25) is 0 Å². The van der Waals surface area contributed by atoms with E-state index in [0.717, 1.165) is 24.2 Å². The van der Waals surface area contributed by atoms with E-state index < -0.39 is 5.67 Å². The van der Waals surface area contributed by atoms with Crippen molar-refractivity contribution in [3.05, 3.63) is 29.8 Å². The van der Waals surface area contributed by atoms with Crippen LogP contribution in [0.25, 0.3) is 0 Å². The monoisotopic (exact) mass is 208 g/mol. The number of hydrogen-bond acceptors (Lipinski definition) is 1. The molecule has 1 aromatic rings. The van der Waals surface area contributed by atoms with Gasteiger partial charge in [-0.3, -0.25) is 0 Å². The SMILES string of the molecule is COc1cccc(CC2(F)CCCC2)c1. The molecule has 0 N–H and O–H groups in total. The van der Waals surface area contributed by atoms with Gasteiger partial charge in [0.2, 0.25) is 0 Å². The minimum Gasteiger partial charge on any atom is -0.497 e. The van der Waals surface area contributed by atoms with Gasteiger partial charge in [-0.25, -0.2) is 4.39 Å². The fourth-order valence-corrected chi connectivity index (χ4v) is 2.33. The summed E-state index contributed by atoms with van der Waals surface area (Å²) in [6, 6.07) is 7.72. The fourth-order valence-electron chi connectivity index (χ4n) is 2.33. The van der Waals surface area contributed by atoms with Gasteiger partial charge < -0.3 is 4.74 Å². The number of alkyl halides is 1. The lowest BCUT2D eigenvalue weighted by Crippen LogP contribution is -2.20. The van der Waals surface area contributed by atoms with Crippen LogP contribution >= 0.6 is 0 Å². The first-order chi connectivity index (χ1) is 7.22. The molecule has 0 heterocycles. The normalized spacial score (nSPS) is 19.1. The van der Waals surface area contributed by atoms with Crippen molar-refractivity contribution in [1.82, 2.24) is 0 Å². The Morgan fingerprint density at radius 3 is 2.73 bits per heavy atom. The van der Waals surface area contributed by atoms with Crippen molar-refractivity contribution in [1.29, 1.82) is 0 Å². The molecule has 2 rings (SSSR count). The second-order valence-electron chi connectivity index (χ2n) is 4.39. The van der Waals surface area contributed by atoms with Crippen LogP contribution in [0.4, 0.5) is 4.39 Å². The van der Waals surface area contributed by atoms with Gasteiger partial charge in [-0.05, 0) is 30.5 Å². The van der Waals surface area contributed by atoms with Gasteiger partial charge in [0.25, 0.3) is 0 Å². The predicted molar refractivity (Wildman–Crippen MR) is 59.0 cm³/mol. The first-order valence-corrected chi connectivity index (χ1v) is 5.54. The van der Waals surface area contributed by atoms with Crippen molar-refractivity contribution >= 4 is 0 Å². The molecule has 82 valence electrons. The van der Waals surface area contributed by atoms with Crippen LogP contribution in [0, 0.1) is 0 Å². The lowest BCUT2D eigenvalue weighted by atomic mass is 9.95. The van der Waals surface area contributed by atoms with Crippen molar-refractivity contribution in [3.8, 4) is 5.75 Å². The number of rotatable bonds is 3. The zero-order valence-corrected chi connectivity index (χ0v) is 9.13. The van der Waals surface area contributed by atoms with Gasteiger partial charge in [0.05, 0.1) is 7.11 Å². The summed E-state index contributed by atoms with van der Waals surface area (Å²) in [6.45, 7) is 0. The van der Waals surface area contributed by atoms with Crippen LogP contribution in [0.5, 0.6) is 5.75 Å². The van der Waals surface area contributed by atoms with E-state index in [1.165, 1.54) is 0 Å². The highest BCUT2D eigenvalue weighted by molar-refractivity contribution is 5.29. The molecule has 0 amide bonds. The standard InChI is InChI=1S/C13H17FO/c1-15-12-6-4-5-11(9-12)10-13(14)7-2-3-8-13/h4-6,9H,2-3,7-8,10H2,1H3. The van der Waals surface area contributed by atoms with Gasteiger partial charge in [-0.1, -0.05) is 25.0 Å². The topological polar surface area (TPSA) is 9.23 Å². The first kappa shape index (κ1) is 10.5. The molecule has 1 saturated carbocycles. The van der Waals surface area contributed by atoms with Crippen LogP contribution in [-0.2, 0) is 6.42 Å². The molecule has 0 unspecified atom stereocenters. The van der Waals surface area contributed by atoms with Gasteiger partial charge >= 0.3 is 0 Å². The molecule has 0 atom stereocenters. The van der Waals surface area contributed by atoms with Crippen LogP contribution in [0.3, 0.4) is 0 Å². The minimum absolute atomic E-state index is 0.532. The molecule has 15 heavy (non-hydrogen) atoms. The lowest BCUT2D eigenvalue weighted by molar-refractivity contribution is 0.173. The Labute approximate surface area is 90.3 Å². The van der Waals surface area contributed by atoms with E-state index in [9.17, 15) is 4.39 Å². The zero-order chi connectivity index (χ0) is 10.7. The summed E-state index contributed by atoms with van der Waals surface area (Å²) in [7, 11) is 1.64. The molecule has 1 aliphatic carbocycles. The maximum absolute atomic E-state index is 14.2. The average molecular weight is 208 g/mol. The Hall–Kier alpha value is -1.05. The molecule has 1 fully saturated rings. The molecular formula is C13H17FO. The molecule has 0 bridgehead atoms. The van der Waals surface area contributed by atoms with E-state index in [4.69, 9.17) is 4.74 Å². The number of ether oxygens (including phenoxy) is 1. The summed E-state index contributed by atoms with van der Waals surface area (Å²) in [5.41, 5.74) is 0.0746. The Balaban J connectivity index is 2.09. The van der Waals surface area contributed by atoms with E-state index in [0.29, 0.717) is 19.3 Å². The Bertz CT molecular complexity index is 329. The minimum atomic E-state index is -0.966. The molecule has 2 heteroatoms. The highest BCUT2D eigenvalue weighted by atomic mass is 19.1. The fraction of sp³-hybridized carbons (Fsp3) is 0.538. The second-order valence-corrected chi connectivity index (χ2v) is 4.39. The summed E-state index contributed by atoms with van der Waals surface area (Å²) in [5, 5.41) is 0. The van der Waals surface area contributed by atoms with E-state index in [2.05, 4.69) is 0 Å². The molecule has 1 aromatic carbocycles. The number of methoxy groups -OCH3 is 1. The molecule has 0 saturated heterocycles. The average Bonchev–Trinajstić information content (AvgIpc) is 2.65. The van der Waals surface area contributed by atoms with Crippen molar-refractivity contribution in [2.75, 3.05) is 7.11 Å². The largest absolute Gasteiger partial charge is 0.497 e. The highest BCUT2D eigenvalue weighted by Gasteiger charge is 2.33. The summed E-state index contributed by atoms with van der Waals surface area (Å²) in [4.78, 5) is 0. The van der Waals surface area contributed by atoms with Crippen molar-refractivity contribution in [2.45, 2.75) is 37.8 Å². The number of hydrogen-bond donors (Lipinski definition) is 0. The van der Waals surface area contributed by atoms with Crippen molar-refractivity contribution in [3.63, 3.8) is 0 Å². The summed E-state index contributed by atoms with van der Waals surface area (Å²) < 4.78 is 19.3. The van der Waals surface area contributed by atoms with Crippen LogP contribution < -0.4 is 4.74 Å². The second kappa shape index (κ2) is 4.21. The smallest absolute Gasteiger partial charge is 0.119 e. The van der Waals surface area contributed by atoms with E-state index in [-0.39, 0.29) is 0 Å². The molecule has 1 aliphatic rings. The predicted octanol–water partition coefficient (Wildman–Crippen LogP) is 3.52. The van der Waals surface area contributed by atoms with Crippen LogP contribution in [0.1, 0.15) is 31.2 Å². The van der Waals surface area contributed by atoms with Gasteiger partial charge in [0, 0.05) is 6.42 Å². The third-order valence-corrected chi connectivity index (χ3v) is 3.15. The molecule has 1 nitrogen and oxygen atoms in total. The lowest BCUT2D eigenvalue weighted by Gasteiger charge is -2.18. The van der Waals surface area contributed by atoms with Crippen LogP contribution in [0.15, 0.2) is 24.3 Å². The van der Waals surface area contributed by atoms with Gasteiger partial charge in [-0.15, -0.1) is 0 Å². The van der Waals surface area contributed by atoms with Crippen molar-refractivity contribution < 1.29 is 9.13 Å². The molecular weight excluding hydrogens is 191 g/mol. The summed E-state index contributed by atoms with van der Waals surface area (Å²) in [5.74, 6) is 0.814. The molecule has 0 aliphatic heterocycles. The maximum Gasteiger partial charge on any atom is 0.119 e. The quantitative estimate of drug-likeness (QED) is 0.738. The Morgan fingerprint density at radius 2 is 2.07 bits per heavy atom. The van der Waals surface area contributed by atoms with Gasteiger partial charge in [0.1, 0.15) is 11.4 Å². The maximum atomic E-state index is 14.2. The molecule has 0 spiro atoms. The summed E-state index contributed by atoms with van der Waals surface area (Å²) >= 11 is 0. The third kappa shape index (κ3) is 2.49. The third-order valence-electron chi connectivity index (χ3n) is 3.15.